The van der Waals surface area contributed by atoms with Gasteiger partial charge in [0.25, 0.3) is 5.69 Å². The third-order valence-electron chi connectivity index (χ3n) is 7.98. The van der Waals surface area contributed by atoms with Gasteiger partial charge in [-0.15, -0.1) is 0 Å². The maximum absolute atomic E-state index is 14.0. The predicted molar refractivity (Wildman–Crippen MR) is 162 cm³/mol. The number of nitro groups is 1. The van der Waals surface area contributed by atoms with Crippen LogP contribution in [0, 0.1) is 46.5 Å². The first-order chi connectivity index (χ1) is 20.3. The summed E-state index contributed by atoms with van der Waals surface area (Å²) in [6.45, 7) is 8.01. The average molecular weight is 601 g/mol. The number of nitriles is 1. The van der Waals surface area contributed by atoms with Gasteiger partial charge in [0.2, 0.25) is 0 Å². The van der Waals surface area contributed by atoms with Crippen LogP contribution >= 0.6 is 11.6 Å². The number of halogens is 2. The Labute approximate surface area is 254 Å². The summed E-state index contributed by atoms with van der Waals surface area (Å²) in [5, 5.41) is 21.9. The van der Waals surface area contributed by atoms with Crippen LogP contribution in [0.4, 0.5) is 15.8 Å². The number of hydrogen-bond donors (Lipinski definition) is 1. The number of ether oxygens (including phenoxy) is 1. The van der Waals surface area contributed by atoms with Crippen molar-refractivity contribution in [1.82, 2.24) is 0 Å². The summed E-state index contributed by atoms with van der Waals surface area (Å²) in [4.78, 5) is 26.4. The molecular formula is C33H30ClFN4O4. The molecule has 0 saturated heterocycles. The fourth-order valence-corrected chi connectivity index (χ4v) is 6.25. The number of carbonyl (C=O) groups excluding carboxylic acids is 1. The quantitative estimate of drug-likeness (QED) is 0.229. The van der Waals surface area contributed by atoms with E-state index >= 15 is 0 Å². The van der Waals surface area contributed by atoms with Crippen molar-refractivity contribution < 1.29 is 18.8 Å². The van der Waals surface area contributed by atoms with Crippen molar-refractivity contribution in [2.45, 2.75) is 53.1 Å². The van der Waals surface area contributed by atoms with E-state index in [0.717, 1.165) is 22.3 Å². The van der Waals surface area contributed by atoms with Crippen molar-refractivity contribution in [3.63, 3.8) is 0 Å². The standard InChI is InChI=1S/C33H30ClFN4O4/c1-18-11-20(17-43-23-8-5-21(35)6-9-23)19(2)24(12-18)30-25(16-36)32(37)38(27-10-7-22(39(41)42)13-26(27)34)28-14-33(3,4)15-29(40)31(28)30/h5-13,30H,14-15,17,37H2,1-4H3. The summed E-state index contributed by atoms with van der Waals surface area (Å²) in [7, 11) is 0. The average Bonchev–Trinajstić information content (AvgIpc) is 2.93. The minimum Gasteiger partial charge on any atom is -0.489 e. The summed E-state index contributed by atoms with van der Waals surface area (Å²) in [5.41, 5.74) is 11.1. The molecule has 10 heteroatoms. The zero-order valence-electron chi connectivity index (χ0n) is 24.2. The molecule has 1 heterocycles. The summed E-state index contributed by atoms with van der Waals surface area (Å²) in [6, 6.07) is 16.0. The Bertz CT molecular complexity index is 1770. The Morgan fingerprint density at radius 2 is 1.86 bits per heavy atom. The smallest absolute Gasteiger partial charge is 0.271 e. The summed E-state index contributed by atoms with van der Waals surface area (Å²) in [6.07, 6.45) is 0.733. The highest BCUT2D eigenvalue weighted by atomic mass is 35.5. The van der Waals surface area contributed by atoms with Crippen LogP contribution in [-0.4, -0.2) is 10.7 Å². The molecule has 1 unspecified atom stereocenters. The van der Waals surface area contributed by atoms with Crippen LogP contribution in [0.15, 0.2) is 77.3 Å². The fraction of sp³-hybridized carbons (Fsp3) is 0.273. The van der Waals surface area contributed by atoms with E-state index in [1.165, 1.54) is 30.3 Å². The zero-order valence-corrected chi connectivity index (χ0v) is 25.0. The molecule has 1 atom stereocenters. The number of non-ortho nitro benzene ring substituents is 1. The molecule has 2 aliphatic rings. The number of nitro benzene ring substituents is 1. The lowest BCUT2D eigenvalue weighted by Crippen LogP contribution is -2.42. The summed E-state index contributed by atoms with van der Waals surface area (Å²) in [5.74, 6) is -0.586. The largest absolute Gasteiger partial charge is 0.489 e. The number of rotatable bonds is 6. The molecule has 0 fully saturated rings. The van der Waals surface area contributed by atoms with Gasteiger partial charge in [-0.3, -0.25) is 19.8 Å². The number of hydrogen-bond acceptors (Lipinski definition) is 7. The number of benzene rings is 3. The Hall–Kier alpha value is -4.68. The Morgan fingerprint density at radius 3 is 2.49 bits per heavy atom. The van der Waals surface area contributed by atoms with Crippen molar-refractivity contribution in [3.05, 3.63) is 120 Å². The van der Waals surface area contributed by atoms with Crippen LogP contribution in [0.3, 0.4) is 0 Å². The van der Waals surface area contributed by atoms with Crippen LogP contribution in [-0.2, 0) is 11.4 Å². The van der Waals surface area contributed by atoms with Crippen molar-refractivity contribution >= 4 is 28.8 Å². The SMILES string of the molecule is Cc1cc(COc2ccc(F)cc2)c(C)c(C2C(C#N)=C(N)N(c3ccc([N+](=O)[O-])cc3Cl)C3=C2C(=O)CC(C)(C)C3)c1. The topological polar surface area (TPSA) is 122 Å². The molecule has 1 aliphatic carbocycles. The molecule has 220 valence electrons. The molecule has 0 bridgehead atoms. The fourth-order valence-electron chi connectivity index (χ4n) is 5.99. The second kappa shape index (κ2) is 11.2. The second-order valence-electron chi connectivity index (χ2n) is 11.8. The molecular weight excluding hydrogens is 571 g/mol. The number of carbonyl (C=O) groups is 1. The van der Waals surface area contributed by atoms with Crippen molar-refractivity contribution in [3.8, 4) is 11.8 Å². The first-order valence-electron chi connectivity index (χ1n) is 13.7. The highest BCUT2D eigenvalue weighted by molar-refractivity contribution is 6.33. The van der Waals surface area contributed by atoms with Crippen molar-refractivity contribution in [2.75, 3.05) is 4.90 Å². The molecule has 0 saturated carbocycles. The number of aryl methyl sites for hydroxylation is 1. The molecule has 0 amide bonds. The predicted octanol–water partition coefficient (Wildman–Crippen LogP) is 7.52. The lowest BCUT2D eigenvalue weighted by molar-refractivity contribution is -0.384. The monoisotopic (exact) mass is 600 g/mol. The van der Waals surface area contributed by atoms with Crippen LogP contribution in [0.25, 0.3) is 0 Å². The third kappa shape index (κ3) is 5.58. The van der Waals surface area contributed by atoms with Gasteiger partial charge in [0.15, 0.2) is 5.78 Å². The highest BCUT2D eigenvalue weighted by Crippen LogP contribution is 2.52. The van der Waals surface area contributed by atoms with Gasteiger partial charge in [0.1, 0.15) is 24.0 Å². The zero-order chi connectivity index (χ0) is 31.2. The number of allylic oxidation sites excluding steroid dienone is 3. The number of Topliss-reactive ketones (excluding diaryl/α,β-unsaturated/α-hetero) is 1. The Balaban J connectivity index is 1.68. The minimum absolute atomic E-state index is 0.0718. The van der Waals surface area contributed by atoms with Gasteiger partial charge >= 0.3 is 0 Å². The molecule has 2 N–H and O–H groups in total. The number of anilines is 1. The first-order valence-corrected chi connectivity index (χ1v) is 14.1. The van der Waals surface area contributed by atoms with E-state index in [9.17, 15) is 24.6 Å². The van der Waals surface area contributed by atoms with Gasteiger partial charge in [0.05, 0.1) is 33.2 Å². The molecule has 0 radical (unpaired) electrons. The minimum atomic E-state index is -0.735. The number of nitrogens with zero attached hydrogens (tertiary/aromatic N) is 3. The first kappa shape index (κ1) is 29.8. The third-order valence-corrected chi connectivity index (χ3v) is 8.29. The summed E-state index contributed by atoms with van der Waals surface area (Å²) < 4.78 is 19.3. The van der Waals surface area contributed by atoms with E-state index in [1.807, 2.05) is 39.8 Å². The molecule has 3 aromatic carbocycles. The molecule has 0 aromatic heterocycles. The van der Waals surface area contributed by atoms with Gasteiger partial charge in [-0.05, 0) is 72.7 Å². The van der Waals surface area contributed by atoms with E-state index in [4.69, 9.17) is 22.1 Å². The van der Waals surface area contributed by atoms with E-state index in [2.05, 4.69) is 6.07 Å². The van der Waals surface area contributed by atoms with Crippen molar-refractivity contribution in [1.29, 1.82) is 5.26 Å². The normalized spacial score (nSPS) is 17.9. The van der Waals surface area contributed by atoms with E-state index in [0.29, 0.717) is 29.1 Å². The second-order valence-corrected chi connectivity index (χ2v) is 12.2. The number of nitrogens with two attached hydrogens (primary N) is 1. The maximum Gasteiger partial charge on any atom is 0.271 e. The molecule has 8 nitrogen and oxygen atoms in total. The lowest BCUT2D eigenvalue weighted by atomic mass is 9.68. The molecule has 3 aromatic rings. The van der Waals surface area contributed by atoms with E-state index in [-0.39, 0.29) is 46.7 Å². The molecule has 43 heavy (non-hydrogen) atoms. The molecule has 5 rings (SSSR count). The number of ketones is 1. The van der Waals surface area contributed by atoms with Crippen LogP contribution in [0.1, 0.15) is 54.9 Å². The van der Waals surface area contributed by atoms with Crippen LogP contribution in [0.5, 0.6) is 5.75 Å². The van der Waals surface area contributed by atoms with Crippen LogP contribution in [0.2, 0.25) is 5.02 Å². The molecule has 1 aliphatic heterocycles. The van der Waals surface area contributed by atoms with Gasteiger partial charge in [0, 0.05) is 29.8 Å². The van der Waals surface area contributed by atoms with E-state index in [1.54, 1.807) is 17.0 Å². The molecule has 0 spiro atoms. The van der Waals surface area contributed by atoms with Crippen LogP contribution < -0.4 is 15.4 Å². The van der Waals surface area contributed by atoms with Gasteiger partial charge < -0.3 is 10.5 Å². The highest BCUT2D eigenvalue weighted by Gasteiger charge is 2.45. The van der Waals surface area contributed by atoms with E-state index < -0.39 is 16.3 Å². The van der Waals surface area contributed by atoms with Gasteiger partial charge in [-0.25, -0.2) is 4.39 Å². The summed E-state index contributed by atoms with van der Waals surface area (Å²) >= 11 is 6.57. The lowest BCUT2D eigenvalue weighted by Gasteiger charge is -2.44. The maximum atomic E-state index is 14.0. The Kier molecular flexibility index (Phi) is 7.76. The van der Waals surface area contributed by atoms with Gasteiger partial charge in [-0.2, -0.15) is 5.26 Å². The van der Waals surface area contributed by atoms with Crippen molar-refractivity contribution in [2.24, 2.45) is 11.1 Å². The Morgan fingerprint density at radius 1 is 1.16 bits per heavy atom. The van der Waals surface area contributed by atoms with Gasteiger partial charge in [-0.1, -0.05) is 43.1 Å².